The zero-order valence-corrected chi connectivity index (χ0v) is 10.9. The quantitative estimate of drug-likeness (QED) is 0.745. The van der Waals surface area contributed by atoms with Crippen molar-refractivity contribution in [1.29, 1.82) is 0 Å². The Morgan fingerprint density at radius 2 is 2.00 bits per heavy atom. The van der Waals surface area contributed by atoms with Gasteiger partial charge in [-0.3, -0.25) is 5.10 Å². The van der Waals surface area contributed by atoms with Gasteiger partial charge in [0.15, 0.2) is 5.65 Å². The van der Waals surface area contributed by atoms with Gasteiger partial charge in [-0.15, -0.1) is 0 Å². The van der Waals surface area contributed by atoms with E-state index >= 15 is 0 Å². The molecule has 3 aromatic rings. The normalized spacial score (nSPS) is 17.5. The van der Waals surface area contributed by atoms with Crippen LogP contribution in [0.2, 0.25) is 0 Å². The van der Waals surface area contributed by atoms with Crippen LogP contribution in [0.5, 0.6) is 0 Å². The molecule has 0 fully saturated rings. The molecule has 0 radical (unpaired) electrons. The number of nitrogens with zero attached hydrogens (tertiary/aromatic N) is 2. The van der Waals surface area contributed by atoms with Crippen LogP contribution in [-0.2, 0) is 0 Å². The average Bonchev–Trinajstić information content (AvgIpc) is 3.16. The molecule has 1 unspecified atom stereocenters. The fraction of sp³-hybridized carbons (Fsp3) is 0.125. The Morgan fingerprint density at radius 1 is 1.10 bits per heavy atom. The van der Waals surface area contributed by atoms with Crippen LogP contribution in [0, 0.1) is 0 Å². The lowest BCUT2D eigenvalue weighted by molar-refractivity contribution is 0.653. The van der Waals surface area contributed by atoms with E-state index in [2.05, 4.69) is 44.8 Å². The standard InChI is InChI=1S/C16H14N4/c1-2-5-11(6-3-1)12-9-13-15(14-7-4-8-17-14)19-20-16(13)18-10-12/h1-6,8-10,14,17H,7H2,(H,18,19,20). The lowest BCUT2D eigenvalue weighted by atomic mass is 10.0. The Hall–Kier alpha value is -2.62. The summed E-state index contributed by atoms with van der Waals surface area (Å²) in [6.07, 6.45) is 6.98. The summed E-state index contributed by atoms with van der Waals surface area (Å²) in [5, 5.41) is 11.8. The highest BCUT2D eigenvalue weighted by atomic mass is 15.2. The molecule has 20 heavy (non-hydrogen) atoms. The number of nitrogens with one attached hydrogen (secondary N) is 2. The summed E-state index contributed by atoms with van der Waals surface area (Å²) in [5.74, 6) is 0. The van der Waals surface area contributed by atoms with Gasteiger partial charge in [0.25, 0.3) is 0 Å². The van der Waals surface area contributed by atoms with E-state index in [-0.39, 0.29) is 6.04 Å². The first kappa shape index (κ1) is 11.2. The molecule has 4 rings (SSSR count). The highest BCUT2D eigenvalue weighted by Crippen LogP contribution is 2.28. The van der Waals surface area contributed by atoms with E-state index in [1.807, 2.05) is 30.6 Å². The molecule has 1 atom stereocenters. The molecule has 0 saturated carbocycles. The molecule has 1 aliphatic heterocycles. The summed E-state index contributed by atoms with van der Waals surface area (Å²) < 4.78 is 0. The number of aromatic nitrogens is 3. The maximum atomic E-state index is 4.46. The van der Waals surface area contributed by atoms with Crippen molar-refractivity contribution in [2.24, 2.45) is 0 Å². The largest absolute Gasteiger partial charge is 0.382 e. The molecule has 1 aliphatic rings. The van der Waals surface area contributed by atoms with Crippen molar-refractivity contribution < 1.29 is 0 Å². The van der Waals surface area contributed by atoms with Crippen LogP contribution in [0.25, 0.3) is 22.2 Å². The van der Waals surface area contributed by atoms with Crippen LogP contribution < -0.4 is 5.32 Å². The van der Waals surface area contributed by atoms with Gasteiger partial charge in [0, 0.05) is 17.1 Å². The predicted molar refractivity (Wildman–Crippen MR) is 79.0 cm³/mol. The minimum absolute atomic E-state index is 0.271. The molecule has 0 aliphatic carbocycles. The molecule has 2 aromatic heterocycles. The van der Waals surface area contributed by atoms with Gasteiger partial charge < -0.3 is 5.32 Å². The highest BCUT2D eigenvalue weighted by Gasteiger charge is 2.18. The molecule has 4 heteroatoms. The smallest absolute Gasteiger partial charge is 0.181 e. The van der Waals surface area contributed by atoms with Gasteiger partial charge in [-0.05, 0) is 24.3 Å². The van der Waals surface area contributed by atoms with E-state index in [4.69, 9.17) is 0 Å². The summed E-state index contributed by atoms with van der Waals surface area (Å²) in [6.45, 7) is 0. The topological polar surface area (TPSA) is 53.6 Å². The Balaban J connectivity index is 1.83. The van der Waals surface area contributed by atoms with E-state index in [0.717, 1.165) is 28.7 Å². The predicted octanol–water partition coefficient (Wildman–Crippen LogP) is 3.17. The van der Waals surface area contributed by atoms with Crippen LogP contribution in [0.1, 0.15) is 18.2 Å². The van der Waals surface area contributed by atoms with Crippen molar-refractivity contribution >= 4 is 11.0 Å². The van der Waals surface area contributed by atoms with Gasteiger partial charge in [0.05, 0.1) is 11.7 Å². The molecule has 1 aromatic carbocycles. The maximum Gasteiger partial charge on any atom is 0.181 e. The van der Waals surface area contributed by atoms with Gasteiger partial charge in [-0.25, -0.2) is 4.98 Å². The van der Waals surface area contributed by atoms with E-state index < -0.39 is 0 Å². The van der Waals surface area contributed by atoms with Crippen molar-refractivity contribution in [1.82, 2.24) is 20.5 Å². The number of rotatable bonds is 2. The second-order valence-corrected chi connectivity index (χ2v) is 4.96. The first-order valence-electron chi connectivity index (χ1n) is 6.72. The average molecular weight is 262 g/mol. The van der Waals surface area contributed by atoms with E-state index in [1.54, 1.807) is 0 Å². The number of benzene rings is 1. The monoisotopic (exact) mass is 262 g/mol. The fourth-order valence-corrected chi connectivity index (χ4v) is 2.63. The Bertz CT molecular complexity index is 766. The molecule has 2 N–H and O–H groups in total. The molecule has 0 bridgehead atoms. The zero-order chi connectivity index (χ0) is 13.4. The summed E-state index contributed by atoms with van der Waals surface area (Å²) in [5.41, 5.74) is 4.17. The number of hydrogen-bond acceptors (Lipinski definition) is 3. The van der Waals surface area contributed by atoms with Crippen LogP contribution in [0.4, 0.5) is 0 Å². The van der Waals surface area contributed by atoms with E-state index in [9.17, 15) is 0 Å². The Labute approximate surface area is 116 Å². The summed E-state index contributed by atoms with van der Waals surface area (Å²) in [7, 11) is 0. The minimum atomic E-state index is 0.271. The molecule has 98 valence electrons. The van der Waals surface area contributed by atoms with Crippen molar-refractivity contribution in [3.05, 3.63) is 60.6 Å². The molecular formula is C16H14N4. The third-order valence-electron chi connectivity index (χ3n) is 3.68. The molecule has 3 heterocycles. The third kappa shape index (κ3) is 1.77. The first-order valence-corrected chi connectivity index (χ1v) is 6.72. The number of hydrogen-bond donors (Lipinski definition) is 2. The van der Waals surface area contributed by atoms with Crippen LogP contribution in [0.15, 0.2) is 54.9 Å². The second kappa shape index (κ2) is 4.49. The Kier molecular flexibility index (Phi) is 2.52. The summed E-state index contributed by atoms with van der Waals surface area (Å²) in [4.78, 5) is 4.46. The molecule has 0 spiro atoms. The fourth-order valence-electron chi connectivity index (χ4n) is 2.63. The Morgan fingerprint density at radius 3 is 2.80 bits per heavy atom. The molecule has 0 saturated heterocycles. The maximum absolute atomic E-state index is 4.46. The van der Waals surface area contributed by atoms with E-state index in [1.165, 1.54) is 5.56 Å². The van der Waals surface area contributed by atoms with Crippen LogP contribution >= 0.6 is 0 Å². The van der Waals surface area contributed by atoms with Gasteiger partial charge in [0.1, 0.15) is 0 Å². The van der Waals surface area contributed by atoms with Gasteiger partial charge >= 0.3 is 0 Å². The van der Waals surface area contributed by atoms with Crippen LogP contribution in [0.3, 0.4) is 0 Å². The minimum Gasteiger partial charge on any atom is -0.382 e. The van der Waals surface area contributed by atoms with Crippen LogP contribution in [-0.4, -0.2) is 15.2 Å². The summed E-state index contributed by atoms with van der Waals surface area (Å²) >= 11 is 0. The van der Waals surface area contributed by atoms with Gasteiger partial charge in [-0.1, -0.05) is 36.4 Å². The van der Waals surface area contributed by atoms with Gasteiger partial charge in [0.2, 0.25) is 0 Å². The lowest BCUT2D eigenvalue weighted by Crippen LogP contribution is -2.10. The highest BCUT2D eigenvalue weighted by molar-refractivity contribution is 5.83. The molecular weight excluding hydrogens is 248 g/mol. The number of pyridine rings is 1. The number of H-pyrrole nitrogens is 1. The third-order valence-corrected chi connectivity index (χ3v) is 3.68. The number of aromatic amines is 1. The van der Waals surface area contributed by atoms with E-state index in [0.29, 0.717) is 0 Å². The van der Waals surface area contributed by atoms with Crippen molar-refractivity contribution in [3.8, 4) is 11.1 Å². The van der Waals surface area contributed by atoms with Gasteiger partial charge in [-0.2, -0.15) is 5.10 Å². The lowest BCUT2D eigenvalue weighted by Gasteiger charge is -2.09. The molecule has 0 amide bonds. The zero-order valence-electron chi connectivity index (χ0n) is 10.9. The molecule has 4 nitrogen and oxygen atoms in total. The summed E-state index contributed by atoms with van der Waals surface area (Å²) in [6, 6.07) is 12.7. The van der Waals surface area contributed by atoms with Crippen molar-refractivity contribution in [2.45, 2.75) is 12.5 Å². The van der Waals surface area contributed by atoms with Crippen molar-refractivity contribution in [2.75, 3.05) is 0 Å². The number of fused-ring (bicyclic) bond motifs is 1. The first-order chi connectivity index (χ1) is 9.92. The van der Waals surface area contributed by atoms with Crippen molar-refractivity contribution in [3.63, 3.8) is 0 Å². The SMILES string of the molecule is C1=CNC(c2[nH]nc3ncc(-c4ccccc4)cc23)C1. The second-order valence-electron chi connectivity index (χ2n) is 4.96.